The summed E-state index contributed by atoms with van der Waals surface area (Å²) in [6.45, 7) is 1.85. The summed E-state index contributed by atoms with van der Waals surface area (Å²) in [7, 11) is 3.33. The number of thiazole rings is 1. The van der Waals surface area contributed by atoms with E-state index in [1.165, 1.54) is 18.4 Å². The maximum atomic E-state index is 5.57. The first-order valence-corrected chi connectivity index (χ1v) is 10.1. The summed E-state index contributed by atoms with van der Waals surface area (Å²) in [4.78, 5) is 7.44. The van der Waals surface area contributed by atoms with E-state index in [4.69, 9.17) is 14.5 Å². The van der Waals surface area contributed by atoms with Gasteiger partial charge in [-0.3, -0.25) is 4.90 Å². The average molecular weight is 381 g/mol. The summed E-state index contributed by atoms with van der Waals surface area (Å²) in [6, 6.07) is 17.3. The number of hydrogen-bond donors (Lipinski definition) is 0. The molecule has 27 heavy (non-hydrogen) atoms. The highest BCUT2D eigenvalue weighted by atomic mass is 32.1. The Morgan fingerprint density at radius 2 is 1.81 bits per heavy atom. The van der Waals surface area contributed by atoms with Crippen molar-refractivity contribution in [2.75, 3.05) is 14.2 Å². The molecule has 4 nitrogen and oxygen atoms in total. The van der Waals surface area contributed by atoms with Gasteiger partial charge >= 0.3 is 0 Å². The van der Waals surface area contributed by atoms with E-state index in [2.05, 4.69) is 40.6 Å². The molecule has 1 aliphatic carbocycles. The molecule has 0 spiro atoms. The van der Waals surface area contributed by atoms with E-state index in [0.717, 1.165) is 40.9 Å². The Bertz CT molecular complexity index is 890. The van der Waals surface area contributed by atoms with E-state index in [9.17, 15) is 0 Å². The average Bonchev–Trinajstić information content (AvgIpc) is 3.46. The lowest BCUT2D eigenvalue weighted by molar-refractivity contribution is 0.243. The van der Waals surface area contributed by atoms with E-state index < -0.39 is 0 Å². The summed E-state index contributed by atoms with van der Waals surface area (Å²) in [5.74, 6) is 1.47. The molecule has 1 saturated carbocycles. The highest BCUT2D eigenvalue weighted by Gasteiger charge is 2.29. The van der Waals surface area contributed by atoms with Crippen molar-refractivity contribution in [3.8, 4) is 22.1 Å². The topological polar surface area (TPSA) is 34.6 Å². The molecule has 0 amide bonds. The van der Waals surface area contributed by atoms with Crippen LogP contribution in [0.3, 0.4) is 0 Å². The zero-order chi connectivity index (χ0) is 18.6. The summed E-state index contributed by atoms with van der Waals surface area (Å²) >= 11 is 1.66. The Balaban J connectivity index is 1.54. The van der Waals surface area contributed by atoms with Gasteiger partial charge in [0, 0.05) is 24.5 Å². The van der Waals surface area contributed by atoms with Crippen molar-refractivity contribution in [2.24, 2.45) is 0 Å². The molecule has 1 aliphatic rings. The second-order valence-electron chi connectivity index (χ2n) is 6.81. The Morgan fingerprint density at radius 1 is 1.00 bits per heavy atom. The van der Waals surface area contributed by atoms with Gasteiger partial charge in [0.25, 0.3) is 0 Å². The number of hydrogen-bond acceptors (Lipinski definition) is 5. The Labute approximate surface area is 164 Å². The fourth-order valence-corrected chi connectivity index (χ4v) is 4.17. The van der Waals surface area contributed by atoms with Gasteiger partial charge in [0.1, 0.15) is 5.01 Å². The predicted molar refractivity (Wildman–Crippen MR) is 109 cm³/mol. The molecule has 0 aliphatic heterocycles. The van der Waals surface area contributed by atoms with Crippen LogP contribution >= 0.6 is 11.3 Å². The molecule has 4 rings (SSSR count). The van der Waals surface area contributed by atoms with Gasteiger partial charge in [-0.05, 0) is 30.5 Å². The third-order valence-electron chi connectivity index (χ3n) is 4.84. The third kappa shape index (κ3) is 4.15. The minimum atomic E-state index is 0.682. The van der Waals surface area contributed by atoms with Gasteiger partial charge in [-0.1, -0.05) is 36.4 Å². The van der Waals surface area contributed by atoms with E-state index in [1.807, 2.05) is 18.2 Å². The molecular weight excluding hydrogens is 356 g/mol. The minimum Gasteiger partial charge on any atom is -0.493 e. The molecule has 5 heteroatoms. The number of ether oxygens (including phenoxy) is 2. The quantitative estimate of drug-likeness (QED) is 0.551. The normalized spacial score (nSPS) is 13.7. The van der Waals surface area contributed by atoms with Crippen LogP contribution in [0.5, 0.6) is 11.5 Å². The van der Waals surface area contributed by atoms with Gasteiger partial charge in [0.15, 0.2) is 11.5 Å². The molecule has 0 atom stereocenters. The predicted octanol–water partition coefficient (Wildman–Crippen LogP) is 4.99. The second kappa shape index (κ2) is 8.11. The van der Waals surface area contributed by atoms with Crippen LogP contribution in [0.25, 0.3) is 10.6 Å². The zero-order valence-electron chi connectivity index (χ0n) is 15.7. The molecule has 140 valence electrons. The second-order valence-corrected chi connectivity index (χ2v) is 7.66. The van der Waals surface area contributed by atoms with Crippen LogP contribution in [-0.4, -0.2) is 30.1 Å². The Morgan fingerprint density at radius 3 is 2.52 bits per heavy atom. The monoisotopic (exact) mass is 380 g/mol. The fraction of sp³-hybridized carbons (Fsp3) is 0.318. The van der Waals surface area contributed by atoms with Crippen LogP contribution in [0.15, 0.2) is 53.9 Å². The molecular formula is C22H24N2O2S. The molecule has 2 aromatic carbocycles. The van der Waals surface area contributed by atoms with Crippen molar-refractivity contribution < 1.29 is 9.47 Å². The molecule has 1 aromatic heterocycles. The van der Waals surface area contributed by atoms with E-state index in [0.29, 0.717) is 6.04 Å². The number of nitrogens with zero attached hydrogens (tertiary/aromatic N) is 2. The number of methoxy groups -OCH3 is 2. The largest absolute Gasteiger partial charge is 0.493 e. The first-order valence-electron chi connectivity index (χ1n) is 9.22. The van der Waals surface area contributed by atoms with Gasteiger partial charge in [-0.15, -0.1) is 11.3 Å². The van der Waals surface area contributed by atoms with Crippen LogP contribution in [0.2, 0.25) is 0 Å². The number of benzene rings is 2. The van der Waals surface area contributed by atoms with Gasteiger partial charge in [-0.2, -0.15) is 0 Å². The van der Waals surface area contributed by atoms with Crippen molar-refractivity contribution in [1.82, 2.24) is 9.88 Å². The van der Waals surface area contributed by atoms with E-state index in [1.54, 1.807) is 25.6 Å². The van der Waals surface area contributed by atoms with Gasteiger partial charge in [0.2, 0.25) is 0 Å². The van der Waals surface area contributed by atoms with Crippen molar-refractivity contribution in [2.45, 2.75) is 32.0 Å². The van der Waals surface area contributed by atoms with Crippen molar-refractivity contribution >= 4 is 11.3 Å². The Kier molecular flexibility index (Phi) is 5.41. The molecule has 0 N–H and O–H groups in total. The Hall–Kier alpha value is -2.37. The maximum absolute atomic E-state index is 5.57. The molecule has 0 radical (unpaired) electrons. The van der Waals surface area contributed by atoms with Crippen LogP contribution in [0, 0.1) is 0 Å². The lowest BCUT2D eigenvalue weighted by Crippen LogP contribution is -2.25. The highest BCUT2D eigenvalue weighted by molar-refractivity contribution is 7.13. The zero-order valence-corrected chi connectivity index (χ0v) is 16.5. The first-order chi connectivity index (χ1) is 13.3. The van der Waals surface area contributed by atoms with Crippen molar-refractivity contribution in [3.63, 3.8) is 0 Å². The molecule has 1 fully saturated rings. The minimum absolute atomic E-state index is 0.682. The SMILES string of the molecule is COc1cccc(-c2nc(CN(Cc3ccccc3)C3CC3)cs2)c1OC. The molecule has 0 saturated heterocycles. The number of rotatable bonds is 8. The molecule has 1 heterocycles. The maximum Gasteiger partial charge on any atom is 0.170 e. The molecule has 0 unspecified atom stereocenters. The lowest BCUT2D eigenvalue weighted by Gasteiger charge is -2.21. The summed E-state index contributed by atoms with van der Waals surface area (Å²) in [5.41, 5.74) is 3.45. The number of para-hydroxylation sites is 1. The van der Waals surface area contributed by atoms with Crippen LogP contribution < -0.4 is 9.47 Å². The van der Waals surface area contributed by atoms with Crippen LogP contribution in [0.1, 0.15) is 24.1 Å². The van der Waals surface area contributed by atoms with Crippen molar-refractivity contribution in [1.29, 1.82) is 0 Å². The van der Waals surface area contributed by atoms with E-state index in [-0.39, 0.29) is 0 Å². The summed E-state index contributed by atoms with van der Waals surface area (Å²) < 4.78 is 11.0. The summed E-state index contributed by atoms with van der Waals surface area (Å²) in [5, 5.41) is 3.13. The molecule has 0 bridgehead atoms. The van der Waals surface area contributed by atoms with Crippen LogP contribution in [-0.2, 0) is 13.1 Å². The number of aromatic nitrogens is 1. The third-order valence-corrected chi connectivity index (χ3v) is 5.77. The highest BCUT2D eigenvalue weighted by Crippen LogP contribution is 2.39. The van der Waals surface area contributed by atoms with Crippen molar-refractivity contribution in [3.05, 3.63) is 65.2 Å². The smallest absolute Gasteiger partial charge is 0.170 e. The summed E-state index contributed by atoms with van der Waals surface area (Å²) in [6.07, 6.45) is 2.57. The van der Waals surface area contributed by atoms with Gasteiger partial charge < -0.3 is 9.47 Å². The van der Waals surface area contributed by atoms with Gasteiger partial charge in [0.05, 0.1) is 25.5 Å². The van der Waals surface area contributed by atoms with Gasteiger partial charge in [-0.25, -0.2) is 4.98 Å². The fourth-order valence-electron chi connectivity index (χ4n) is 3.34. The standard InChI is InChI=1S/C22H24N2O2S/c1-25-20-10-6-9-19(21(20)26-2)22-23-17(15-27-22)14-24(18-11-12-18)13-16-7-4-3-5-8-16/h3-10,15,18H,11-14H2,1-2H3. The lowest BCUT2D eigenvalue weighted by atomic mass is 10.2. The first kappa shape index (κ1) is 18.0. The van der Waals surface area contributed by atoms with E-state index >= 15 is 0 Å². The van der Waals surface area contributed by atoms with Crippen LogP contribution in [0.4, 0.5) is 0 Å². The molecule has 3 aromatic rings.